The highest BCUT2D eigenvalue weighted by atomic mass is 16.5. The van der Waals surface area contributed by atoms with Crippen molar-refractivity contribution in [2.45, 2.75) is 65.2 Å². The Kier molecular flexibility index (Phi) is 3.66. The molecule has 0 saturated heterocycles. The fourth-order valence-corrected chi connectivity index (χ4v) is 7.37. The van der Waals surface area contributed by atoms with Gasteiger partial charge >= 0.3 is 5.97 Å². The van der Waals surface area contributed by atoms with E-state index < -0.39 is 0 Å². The molecule has 2 nitrogen and oxygen atoms in total. The minimum Gasteiger partial charge on any atom is -0.469 e. The monoisotopic (exact) mass is 316 g/mol. The Morgan fingerprint density at radius 1 is 1.00 bits per heavy atom. The van der Waals surface area contributed by atoms with Gasteiger partial charge in [-0.1, -0.05) is 26.0 Å². The summed E-state index contributed by atoms with van der Waals surface area (Å²) in [4.78, 5) is 12.3. The van der Waals surface area contributed by atoms with E-state index in [9.17, 15) is 4.79 Å². The third-order valence-corrected chi connectivity index (χ3v) is 8.70. The molecule has 7 atom stereocenters. The number of rotatable bonds is 1. The van der Waals surface area contributed by atoms with E-state index in [0.717, 1.165) is 30.1 Å². The molecule has 0 heterocycles. The summed E-state index contributed by atoms with van der Waals surface area (Å²) in [6.07, 6.45) is 15.1. The predicted octanol–water partition coefficient (Wildman–Crippen LogP) is 4.98. The molecular formula is C21H32O2. The predicted molar refractivity (Wildman–Crippen MR) is 91.8 cm³/mol. The average molecular weight is 316 g/mol. The molecule has 0 amide bonds. The number of hydrogen-bond donors (Lipinski definition) is 0. The van der Waals surface area contributed by atoms with Gasteiger partial charge in [0.05, 0.1) is 13.0 Å². The molecule has 0 aromatic heterocycles. The highest BCUT2D eigenvalue weighted by Gasteiger charge is 2.60. The third-order valence-electron chi connectivity index (χ3n) is 8.70. The first-order valence-corrected chi connectivity index (χ1v) is 9.73. The van der Waals surface area contributed by atoms with E-state index >= 15 is 0 Å². The van der Waals surface area contributed by atoms with Crippen molar-refractivity contribution in [3.8, 4) is 0 Å². The molecule has 4 aliphatic rings. The Hall–Kier alpha value is -0.790. The van der Waals surface area contributed by atoms with Gasteiger partial charge in [-0.2, -0.15) is 0 Å². The van der Waals surface area contributed by atoms with Crippen LogP contribution in [0.1, 0.15) is 65.2 Å². The number of hydrogen-bond acceptors (Lipinski definition) is 2. The minimum absolute atomic E-state index is 0.0500. The van der Waals surface area contributed by atoms with Gasteiger partial charge in [-0.05, 0) is 85.9 Å². The summed E-state index contributed by atoms with van der Waals surface area (Å²) < 4.78 is 5.14. The molecule has 128 valence electrons. The zero-order chi connectivity index (χ0) is 16.2. The molecule has 0 bridgehead atoms. The second kappa shape index (κ2) is 5.36. The lowest BCUT2D eigenvalue weighted by Crippen LogP contribution is -2.52. The van der Waals surface area contributed by atoms with Crippen LogP contribution in [0.4, 0.5) is 0 Å². The second-order valence-electron chi connectivity index (χ2n) is 9.27. The standard InChI is InChI=1S/C21H32O2/c1-20-12-5-4-6-14(20)7-8-15-16-9-10-18(19(22)23-3)21(16,2)13-11-17(15)20/h4-5,14-18H,6-13H2,1-3H3/t14-,15+,16+,17+,18-,20+,21+/m1/s1. The van der Waals surface area contributed by atoms with E-state index in [-0.39, 0.29) is 17.3 Å². The van der Waals surface area contributed by atoms with Gasteiger partial charge in [-0.25, -0.2) is 0 Å². The molecule has 0 aromatic carbocycles. The second-order valence-corrected chi connectivity index (χ2v) is 9.27. The number of allylic oxidation sites excluding steroid dienone is 2. The fourth-order valence-electron chi connectivity index (χ4n) is 7.37. The van der Waals surface area contributed by atoms with Crippen LogP contribution in [0, 0.1) is 40.4 Å². The highest BCUT2D eigenvalue weighted by molar-refractivity contribution is 5.73. The van der Waals surface area contributed by atoms with Crippen LogP contribution in [-0.4, -0.2) is 13.1 Å². The van der Waals surface area contributed by atoms with E-state index in [1.807, 2.05) is 0 Å². The van der Waals surface area contributed by atoms with Crippen molar-refractivity contribution < 1.29 is 9.53 Å². The van der Waals surface area contributed by atoms with Gasteiger partial charge in [0.25, 0.3) is 0 Å². The molecule has 0 radical (unpaired) electrons. The Morgan fingerprint density at radius 3 is 2.57 bits per heavy atom. The zero-order valence-corrected chi connectivity index (χ0v) is 15.0. The van der Waals surface area contributed by atoms with Gasteiger partial charge in [-0.3, -0.25) is 4.79 Å². The number of ether oxygens (including phenoxy) is 1. The van der Waals surface area contributed by atoms with Gasteiger partial charge < -0.3 is 4.74 Å². The molecule has 0 unspecified atom stereocenters. The van der Waals surface area contributed by atoms with Gasteiger partial charge in [0.1, 0.15) is 0 Å². The number of carbonyl (C=O) groups excluding carboxylic acids is 1. The summed E-state index contributed by atoms with van der Waals surface area (Å²) in [5.41, 5.74) is 0.713. The Labute approximate surface area is 141 Å². The molecule has 2 heteroatoms. The number of carbonyl (C=O) groups is 1. The molecule has 0 aliphatic heterocycles. The average Bonchev–Trinajstić information content (AvgIpc) is 2.91. The van der Waals surface area contributed by atoms with Crippen LogP contribution in [0.15, 0.2) is 12.2 Å². The van der Waals surface area contributed by atoms with E-state index in [4.69, 9.17) is 4.74 Å². The van der Waals surface area contributed by atoms with Crippen LogP contribution in [0.25, 0.3) is 0 Å². The van der Waals surface area contributed by atoms with Crippen LogP contribution >= 0.6 is 0 Å². The lowest BCUT2D eigenvalue weighted by molar-refractivity contribution is -0.154. The Morgan fingerprint density at radius 2 is 1.78 bits per heavy atom. The van der Waals surface area contributed by atoms with Crippen molar-refractivity contribution in [1.29, 1.82) is 0 Å². The van der Waals surface area contributed by atoms with Gasteiger partial charge in [0, 0.05) is 0 Å². The maximum absolute atomic E-state index is 12.3. The van der Waals surface area contributed by atoms with E-state index in [1.54, 1.807) is 7.11 Å². The van der Waals surface area contributed by atoms with Crippen molar-refractivity contribution in [3.63, 3.8) is 0 Å². The summed E-state index contributed by atoms with van der Waals surface area (Å²) in [6, 6.07) is 0. The number of methoxy groups -OCH3 is 1. The van der Waals surface area contributed by atoms with Crippen molar-refractivity contribution >= 4 is 5.97 Å². The third kappa shape index (κ3) is 2.09. The summed E-state index contributed by atoms with van der Waals surface area (Å²) >= 11 is 0. The summed E-state index contributed by atoms with van der Waals surface area (Å²) in [6.45, 7) is 4.98. The fraction of sp³-hybridized carbons (Fsp3) is 0.857. The Bertz CT molecular complexity index is 524. The van der Waals surface area contributed by atoms with Gasteiger partial charge in [0.15, 0.2) is 0 Å². The summed E-state index contributed by atoms with van der Waals surface area (Å²) in [5.74, 6) is 3.56. The van der Waals surface area contributed by atoms with Crippen molar-refractivity contribution in [3.05, 3.63) is 12.2 Å². The molecule has 0 aromatic rings. The van der Waals surface area contributed by atoms with E-state index in [2.05, 4.69) is 26.0 Å². The first-order chi connectivity index (χ1) is 11.0. The van der Waals surface area contributed by atoms with Crippen molar-refractivity contribution in [2.75, 3.05) is 7.11 Å². The first kappa shape index (κ1) is 15.7. The van der Waals surface area contributed by atoms with Gasteiger partial charge in [0.2, 0.25) is 0 Å². The Balaban J connectivity index is 1.63. The van der Waals surface area contributed by atoms with E-state index in [1.165, 1.54) is 44.9 Å². The van der Waals surface area contributed by atoms with Crippen molar-refractivity contribution in [1.82, 2.24) is 0 Å². The van der Waals surface area contributed by atoms with Crippen LogP contribution in [0.3, 0.4) is 0 Å². The lowest BCUT2D eigenvalue weighted by Gasteiger charge is -2.59. The minimum atomic E-state index is 0.0500. The molecule has 23 heavy (non-hydrogen) atoms. The highest BCUT2D eigenvalue weighted by Crippen LogP contribution is 2.67. The van der Waals surface area contributed by atoms with Crippen LogP contribution in [0.5, 0.6) is 0 Å². The molecule has 3 fully saturated rings. The van der Waals surface area contributed by atoms with E-state index in [0.29, 0.717) is 5.41 Å². The molecule has 0 spiro atoms. The van der Waals surface area contributed by atoms with Crippen molar-refractivity contribution in [2.24, 2.45) is 40.4 Å². The molecule has 3 saturated carbocycles. The number of fused-ring (bicyclic) bond motifs is 5. The smallest absolute Gasteiger partial charge is 0.309 e. The quantitative estimate of drug-likeness (QED) is 0.503. The topological polar surface area (TPSA) is 26.3 Å². The van der Waals surface area contributed by atoms with Crippen LogP contribution in [0.2, 0.25) is 0 Å². The zero-order valence-electron chi connectivity index (χ0n) is 15.0. The number of esters is 1. The van der Waals surface area contributed by atoms with Gasteiger partial charge in [-0.15, -0.1) is 0 Å². The molecular weight excluding hydrogens is 284 g/mol. The lowest BCUT2D eigenvalue weighted by atomic mass is 9.45. The maximum Gasteiger partial charge on any atom is 0.309 e. The van der Waals surface area contributed by atoms with Crippen LogP contribution in [-0.2, 0) is 9.53 Å². The maximum atomic E-state index is 12.3. The molecule has 4 aliphatic carbocycles. The molecule has 0 N–H and O–H groups in total. The van der Waals surface area contributed by atoms with Crippen LogP contribution < -0.4 is 0 Å². The normalized spacial score (nSPS) is 51.5. The SMILES string of the molecule is COC(=O)[C@H]1CC[C@H]2[C@@H]3CC[C@H]4CC=CC[C@]4(C)[C@H]3CC[C@]12C. The molecule has 4 rings (SSSR count). The first-order valence-electron chi connectivity index (χ1n) is 9.73. The largest absolute Gasteiger partial charge is 0.469 e. The summed E-state index contributed by atoms with van der Waals surface area (Å²) in [7, 11) is 1.56. The summed E-state index contributed by atoms with van der Waals surface area (Å²) in [5, 5.41) is 0.